The molecule has 5 nitrogen and oxygen atoms in total. The van der Waals surface area contributed by atoms with E-state index in [-0.39, 0.29) is 18.4 Å². The summed E-state index contributed by atoms with van der Waals surface area (Å²) in [5, 5.41) is 6.06. The zero-order valence-corrected chi connectivity index (χ0v) is 16.9. The van der Waals surface area contributed by atoms with E-state index in [4.69, 9.17) is 16.3 Å². The van der Waals surface area contributed by atoms with Crippen LogP contribution in [0.15, 0.2) is 66.7 Å². The van der Waals surface area contributed by atoms with E-state index in [0.717, 1.165) is 11.1 Å². The molecule has 3 rings (SSSR count). The molecule has 0 atom stereocenters. The third kappa shape index (κ3) is 5.83. The second-order valence-electron chi connectivity index (χ2n) is 6.65. The van der Waals surface area contributed by atoms with Gasteiger partial charge >= 0.3 is 0 Å². The number of benzene rings is 3. The normalized spacial score (nSPS) is 10.3. The highest BCUT2D eigenvalue weighted by Crippen LogP contribution is 2.20. The molecule has 148 valence electrons. The number of carbonyl (C=O) groups excluding carboxylic acids is 2. The Morgan fingerprint density at radius 1 is 0.897 bits per heavy atom. The van der Waals surface area contributed by atoms with Crippen LogP contribution in [0, 0.1) is 13.8 Å². The minimum atomic E-state index is -0.307. The maximum Gasteiger partial charge on any atom is 0.262 e. The number of halogens is 1. The summed E-state index contributed by atoms with van der Waals surface area (Å²) in [5.41, 5.74) is 3.54. The summed E-state index contributed by atoms with van der Waals surface area (Å²) in [6.45, 7) is 3.77. The van der Waals surface area contributed by atoms with Crippen molar-refractivity contribution in [2.75, 3.05) is 17.2 Å². The monoisotopic (exact) mass is 408 g/mol. The third-order valence-electron chi connectivity index (χ3n) is 4.19. The van der Waals surface area contributed by atoms with E-state index < -0.39 is 0 Å². The highest BCUT2D eigenvalue weighted by atomic mass is 35.5. The molecule has 0 spiro atoms. The second kappa shape index (κ2) is 9.26. The van der Waals surface area contributed by atoms with Crippen molar-refractivity contribution in [3.63, 3.8) is 0 Å². The molecule has 3 aromatic carbocycles. The number of hydrogen-bond donors (Lipinski definition) is 2. The van der Waals surface area contributed by atoms with Crippen molar-refractivity contribution in [3.8, 4) is 5.75 Å². The SMILES string of the molecule is Cc1ccc(C)c(OCC(=O)Nc2cccc(C(=O)Nc3cccc(Cl)c3)c2)c1. The second-order valence-corrected chi connectivity index (χ2v) is 7.09. The summed E-state index contributed by atoms with van der Waals surface area (Å²) in [6.07, 6.45) is 0. The lowest BCUT2D eigenvalue weighted by Crippen LogP contribution is -2.21. The zero-order chi connectivity index (χ0) is 20.8. The molecule has 0 aliphatic carbocycles. The standard InChI is InChI=1S/C23H21ClN2O3/c1-15-9-10-16(2)21(11-15)29-14-22(27)25-19-7-3-5-17(12-19)23(28)26-20-8-4-6-18(24)13-20/h3-13H,14H2,1-2H3,(H,25,27)(H,26,28). The van der Waals surface area contributed by atoms with Gasteiger partial charge in [-0.05, 0) is 67.4 Å². The third-order valence-corrected chi connectivity index (χ3v) is 4.43. The van der Waals surface area contributed by atoms with Gasteiger partial charge in [0.05, 0.1) is 0 Å². The van der Waals surface area contributed by atoms with Crippen LogP contribution in [-0.4, -0.2) is 18.4 Å². The van der Waals surface area contributed by atoms with Gasteiger partial charge in [-0.3, -0.25) is 9.59 Å². The molecule has 2 N–H and O–H groups in total. The van der Waals surface area contributed by atoms with Gasteiger partial charge in [-0.1, -0.05) is 35.9 Å². The topological polar surface area (TPSA) is 67.4 Å². The van der Waals surface area contributed by atoms with Gasteiger partial charge in [0.15, 0.2) is 6.61 Å². The number of rotatable bonds is 6. The molecule has 0 radical (unpaired) electrons. The molecule has 0 aliphatic heterocycles. The summed E-state index contributed by atoms with van der Waals surface area (Å²) in [6, 6.07) is 19.4. The number of amides is 2. The van der Waals surface area contributed by atoms with Gasteiger partial charge in [0.1, 0.15) is 5.75 Å². The Morgan fingerprint density at radius 3 is 2.38 bits per heavy atom. The van der Waals surface area contributed by atoms with E-state index in [9.17, 15) is 9.59 Å². The summed E-state index contributed by atoms with van der Waals surface area (Å²) in [4.78, 5) is 24.7. The van der Waals surface area contributed by atoms with Crippen LogP contribution in [0.5, 0.6) is 5.75 Å². The number of ether oxygens (including phenoxy) is 1. The first-order chi connectivity index (χ1) is 13.9. The van der Waals surface area contributed by atoms with Crippen LogP contribution in [0.25, 0.3) is 0 Å². The first-order valence-corrected chi connectivity index (χ1v) is 9.45. The average Bonchev–Trinajstić information content (AvgIpc) is 2.69. The molecule has 0 bridgehead atoms. The van der Waals surface area contributed by atoms with Gasteiger partial charge in [-0.2, -0.15) is 0 Å². The average molecular weight is 409 g/mol. The Morgan fingerprint density at radius 2 is 1.62 bits per heavy atom. The summed E-state index contributed by atoms with van der Waals surface area (Å²) in [5.74, 6) is 0.0723. The first kappa shape index (κ1) is 20.4. The van der Waals surface area contributed by atoms with Gasteiger partial charge in [-0.25, -0.2) is 0 Å². The Hall–Kier alpha value is -3.31. The molecule has 0 fully saturated rings. The number of aryl methyl sites for hydroxylation is 2. The number of nitrogens with one attached hydrogen (secondary N) is 2. The first-order valence-electron chi connectivity index (χ1n) is 9.07. The van der Waals surface area contributed by atoms with Crippen molar-refractivity contribution >= 4 is 34.8 Å². The fourth-order valence-corrected chi connectivity index (χ4v) is 2.90. The van der Waals surface area contributed by atoms with Crippen LogP contribution >= 0.6 is 11.6 Å². The van der Waals surface area contributed by atoms with Gasteiger partial charge in [0, 0.05) is 22.0 Å². The number of hydrogen-bond acceptors (Lipinski definition) is 3. The van der Waals surface area contributed by atoms with E-state index in [0.29, 0.717) is 27.7 Å². The molecule has 0 unspecified atom stereocenters. The molecule has 0 saturated carbocycles. The Bertz CT molecular complexity index is 1050. The lowest BCUT2D eigenvalue weighted by molar-refractivity contribution is -0.118. The Balaban J connectivity index is 1.61. The highest BCUT2D eigenvalue weighted by molar-refractivity contribution is 6.31. The molecule has 29 heavy (non-hydrogen) atoms. The van der Waals surface area contributed by atoms with Gasteiger partial charge in [0.2, 0.25) is 0 Å². The van der Waals surface area contributed by atoms with Crippen molar-refractivity contribution in [1.82, 2.24) is 0 Å². The van der Waals surface area contributed by atoms with Crippen LogP contribution in [0.1, 0.15) is 21.5 Å². The predicted molar refractivity (Wildman–Crippen MR) is 116 cm³/mol. The molecular formula is C23H21ClN2O3. The van der Waals surface area contributed by atoms with Gasteiger partial charge in [0.25, 0.3) is 11.8 Å². The van der Waals surface area contributed by atoms with Crippen LogP contribution in [0.2, 0.25) is 5.02 Å². The minimum absolute atomic E-state index is 0.122. The van der Waals surface area contributed by atoms with Crippen molar-refractivity contribution < 1.29 is 14.3 Å². The van der Waals surface area contributed by atoms with E-state index in [1.54, 1.807) is 48.5 Å². The molecule has 0 saturated heterocycles. The number of anilines is 2. The lowest BCUT2D eigenvalue weighted by atomic mass is 10.1. The molecule has 2 amide bonds. The molecular weight excluding hydrogens is 388 g/mol. The van der Waals surface area contributed by atoms with Crippen LogP contribution < -0.4 is 15.4 Å². The Kier molecular flexibility index (Phi) is 6.52. The van der Waals surface area contributed by atoms with Crippen molar-refractivity contribution in [1.29, 1.82) is 0 Å². The predicted octanol–water partition coefficient (Wildman–Crippen LogP) is 5.23. The van der Waals surface area contributed by atoms with Crippen LogP contribution in [0.4, 0.5) is 11.4 Å². The fraction of sp³-hybridized carbons (Fsp3) is 0.130. The minimum Gasteiger partial charge on any atom is -0.483 e. The maximum atomic E-state index is 12.5. The van der Waals surface area contributed by atoms with Gasteiger partial charge < -0.3 is 15.4 Å². The van der Waals surface area contributed by atoms with Crippen LogP contribution in [0.3, 0.4) is 0 Å². The largest absolute Gasteiger partial charge is 0.483 e. The van der Waals surface area contributed by atoms with Crippen molar-refractivity contribution in [2.45, 2.75) is 13.8 Å². The highest BCUT2D eigenvalue weighted by Gasteiger charge is 2.10. The molecule has 0 aromatic heterocycles. The Labute approximate surface area is 174 Å². The van der Waals surface area contributed by atoms with Crippen LogP contribution in [-0.2, 0) is 4.79 Å². The van der Waals surface area contributed by atoms with Crippen molar-refractivity contribution in [3.05, 3.63) is 88.4 Å². The number of carbonyl (C=O) groups is 2. The molecule has 6 heteroatoms. The van der Waals surface area contributed by atoms with Crippen molar-refractivity contribution in [2.24, 2.45) is 0 Å². The summed E-state index contributed by atoms with van der Waals surface area (Å²) in [7, 11) is 0. The molecule has 3 aromatic rings. The van der Waals surface area contributed by atoms with E-state index in [1.165, 1.54) is 0 Å². The summed E-state index contributed by atoms with van der Waals surface area (Å²) < 4.78 is 5.62. The quantitative estimate of drug-likeness (QED) is 0.587. The smallest absolute Gasteiger partial charge is 0.262 e. The summed E-state index contributed by atoms with van der Waals surface area (Å²) >= 11 is 5.94. The van der Waals surface area contributed by atoms with E-state index in [2.05, 4.69) is 10.6 Å². The fourth-order valence-electron chi connectivity index (χ4n) is 2.71. The maximum absolute atomic E-state index is 12.5. The zero-order valence-electron chi connectivity index (χ0n) is 16.2. The molecule has 0 heterocycles. The van der Waals surface area contributed by atoms with Gasteiger partial charge in [-0.15, -0.1) is 0 Å². The van der Waals surface area contributed by atoms with E-state index in [1.807, 2.05) is 32.0 Å². The van der Waals surface area contributed by atoms with E-state index >= 15 is 0 Å². The molecule has 0 aliphatic rings. The lowest BCUT2D eigenvalue weighted by Gasteiger charge is -2.11.